The summed E-state index contributed by atoms with van der Waals surface area (Å²) in [6.45, 7) is 7.27. The summed E-state index contributed by atoms with van der Waals surface area (Å²) in [6.07, 6.45) is 1.51. The van der Waals surface area contributed by atoms with Gasteiger partial charge >= 0.3 is 0 Å². The van der Waals surface area contributed by atoms with Gasteiger partial charge in [0.2, 0.25) is 0 Å². The predicted octanol–water partition coefficient (Wildman–Crippen LogP) is 2.02. The Morgan fingerprint density at radius 3 is 2.56 bits per heavy atom. The Morgan fingerprint density at radius 2 is 2.00 bits per heavy atom. The highest BCUT2D eigenvalue weighted by Crippen LogP contribution is 2.19. The molecule has 1 aliphatic heterocycles. The smallest absolute Gasteiger partial charge is 0.0710 e. The van der Waals surface area contributed by atoms with Crippen LogP contribution in [0.15, 0.2) is 18.2 Å². The molecule has 0 amide bonds. The highest BCUT2D eigenvalue weighted by molar-refractivity contribution is 5.30. The lowest BCUT2D eigenvalue weighted by molar-refractivity contribution is 0.107. The average molecular weight is 248 g/mol. The molecule has 1 aliphatic rings. The van der Waals surface area contributed by atoms with Crippen LogP contribution in [0.25, 0.3) is 0 Å². The van der Waals surface area contributed by atoms with Crippen LogP contribution in [0.5, 0.6) is 0 Å². The minimum atomic E-state index is 0.0965. The van der Waals surface area contributed by atoms with Gasteiger partial charge in [-0.25, -0.2) is 0 Å². The molecule has 1 heterocycles. The Labute approximate surface area is 110 Å². The molecule has 0 aromatic heterocycles. The van der Waals surface area contributed by atoms with Crippen LogP contribution in [0, 0.1) is 13.8 Å². The zero-order valence-electron chi connectivity index (χ0n) is 11.6. The van der Waals surface area contributed by atoms with Gasteiger partial charge in [-0.05, 0) is 25.8 Å². The summed E-state index contributed by atoms with van der Waals surface area (Å²) in [4.78, 5) is 2.40. The molecule has 2 atom stereocenters. The number of nitrogens with two attached hydrogens (primary N) is 1. The van der Waals surface area contributed by atoms with E-state index in [1.807, 2.05) is 0 Å². The summed E-state index contributed by atoms with van der Waals surface area (Å²) in [5.74, 6) is 0. The van der Waals surface area contributed by atoms with Crippen LogP contribution in [-0.4, -0.2) is 37.7 Å². The summed E-state index contributed by atoms with van der Waals surface area (Å²) in [5, 5.41) is 0. The van der Waals surface area contributed by atoms with Gasteiger partial charge in [-0.2, -0.15) is 0 Å². The highest BCUT2D eigenvalue weighted by atomic mass is 16.5. The molecule has 0 bridgehead atoms. The van der Waals surface area contributed by atoms with Gasteiger partial charge in [0.15, 0.2) is 0 Å². The third-order valence-electron chi connectivity index (χ3n) is 3.69. The van der Waals surface area contributed by atoms with E-state index in [1.54, 1.807) is 7.11 Å². The Balaban J connectivity index is 1.97. The first-order valence-corrected chi connectivity index (χ1v) is 6.67. The van der Waals surface area contributed by atoms with Gasteiger partial charge in [0, 0.05) is 32.8 Å². The minimum absolute atomic E-state index is 0.0965. The van der Waals surface area contributed by atoms with Crippen molar-refractivity contribution in [3.63, 3.8) is 0 Å². The molecule has 0 saturated carbocycles. The molecule has 2 rings (SSSR count). The van der Waals surface area contributed by atoms with E-state index >= 15 is 0 Å². The third kappa shape index (κ3) is 3.31. The van der Waals surface area contributed by atoms with Gasteiger partial charge in [0.05, 0.1) is 6.10 Å². The van der Waals surface area contributed by atoms with E-state index in [9.17, 15) is 0 Å². The lowest BCUT2D eigenvalue weighted by atomic mass is 10.0. The first-order chi connectivity index (χ1) is 8.58. The van der Waals surface area contributed by atoms with Crippen molar-refractivity contribution < 1.29 is 4.74 Å². The molecule has 2 unspecified atom stereocenters. The van der Waals surface area contributed by atoms with Crippen molar-refractivity contribution in [1.29, 1.82) is 0 Å². The van der Waals surface area contributed by atoms with E-state index in [2.05, 4.69) is 36.9 Å². The SMILES string of the molecule is COC1CCN(CC(N)c2cc(C)cc(C)c2)C1. The van der Waals surface area contributed by atoms with E-state index in [0.717, 1.165) is 26.1 Å². The second kappa shape index (κ2) is 5.83. The Kier molecular flexibility index (Phi) is 4.38. The summed E-state index contributed by atoms with van der Waals surface area (Å²) in [6, 6.07) is 6.68. The number of methoxy groups -OCH3 is 1. The van der Waals surface area contributed by atoms with Crippen molar-refractivity contribution in [1.82, 2.24) is 4.90 Å². The van der Waals surface area contributed by atoms with Gasteiger partial charge in [-0.3, -0.25) is 4.90 Å². The Bertz CT molecular complexity index is 385. The highest BCUT2D eigenvalue weighted by Gasteiger charge is 2.23. The van der Waals surface area contributed by atoms with E-state index in [1.165, 1.54) is 16.7 Å². The maximum Gasteiger partial charge on any atom is 0.0710 e. The second-order valence-corrected chi connectivity index (χ2v) is 5.43. The summed E-state index contributed by atoms with van der Waals surface area (Å²) in [7, 11) is 1.79. The minimum Gasteiger partial charge on any atom is -0.380 e. The van der Waals surface area contributed by atoms with Crippen LogP contribution >= 0.6 is 0 Å². The first kappa shape index (κ1) is 13.5. The van der Waals surface area contributed by atoms with Gasteiger partial charge in [-0.15, -0.1) is 0 Å². The van der Waals surface area contributed by atoms with Crippen molar-refractivity contribution in [3.8, 4) is 0 Å². The molecule has 2 N–H and O–H groups in total. The fourth-order valence-corrected chi connectivity index (χ4v) is 2.76. The molecule has 0 aliphatic carbocycles. The van der Waals surface area contributed by atoms with Crippen molar-refractivity contribution in [2.45, 2.75) is 32.4 Å². The van der Waals surface area contributed by atoms with Crippen LogP contribution in [0.2, 0.25) is 0 Å². The van der Waals surface area contributed by atoms with E-state index in [0.29, 0.717) is 6.10 Å². The van der Waals surface area contributed by atoms with E-state index in [4.69, 9.17) is 10.5 Å². The predicted molar refractivity (Wildman–Crippen MR) is 74.7 cm³/mol. The molecule has 100 valence electrons. The standard InChI is InChI=1S/C15H24N2O/c1-11-6-12(2)8-13(7-11)15(16)10-17-5-4-14(9-17)18-3/h6-8,14-15H,4-5,9-10,16H2,1-3H3. The number of benzene rings is 1. The van der Waals surface area contributed by atoms with E-state index < -0.39 is 0 Å². The molecule has 0 spiro atoms. The fraction of sp³-hybridized carbons (Fsp3) is 0.600. The molecule has 18 heavy (non-hydrogen) atoms. The van der Waals surface area contributed by atoms with Crippen molar-refractivity contribution >= 4 is 0 Å². The third-order valence-corrected chi connectivity index (χ3v) is 3.69. The topological polar surface area (TPSA) is 38.5 Å². The molecule has 0 radical (unpaired) electrons. The largest absolute Gasteiger partial charge is 0.380 e. The van der Waals surface area contributed by atoms with Gasteiger partial charge < -0.3 is 10.5 Å². The quantitative estimate of drug-likeness (QED) is 0.886. The Morgan fingerprint density at radius 1 is 1.33 bits per heavy atom. The van der Waals surface area contributed by atoms with Gasteiger partial charge in [0.1, 0.15) is 0 Å². The van der Waals surface area contributed by atoms with Crippen molar-refractivity contribution in [3.05, 3.63) is 34.9 Å². The van der Waals surface area contributed by atoms with E-state index in [-0.39, 0.29) is 6.04 Å². The number of hydrogen-bond acceptors (Lipinski definition) is 3. The number of hydrogen-bond donors (Lipinski definition) is 1. The summed E-state index contributed by atoms with van der Waals surface area (Å²) in [5.41, 5.74) is 10.1. The van der Waals surface area contributed by atoms with Crippen molar-refractivity contribution in [2.75, 3.05) is 26.7 Å². The zero-order chi connectivity index (χ0) is 13.1. The maximum absolute atomic E-state index is 6.32. The molecule has 1 saturated heterocycles. The number of likely N-dealkylation sites (tertiary alicyclic amines) is 1. The van der Waals surface area contributed by atoms with Crippen LogP contribution in [0.3, 0.4) is 0 Å². The van der Waals surface area contributed by atoms with Crippen LogP contribution < -0.4 is 5.73 Å². The molecule has 1 aromatic rings. The number of ether oxygens (including phenoxy) is 1. The summed E-state index contributed by atoms with van der Waals surface area (Å²) < 4.78 is 5.38. The molecule has 3 heteroatoms. The van der Waals surface area contributed by atoms with Gasteiger partial charge in [0.25, 0.3) is 0 Å². The second-order valence-electron chi connectivity index (χ2n) is 5.43. The van der Waals surface area contributed by atoms with Crippen LogP contribution in [0.1, 0.15) is 29.2 Å². The lowest BCUT2D eigenvalue weighted by Crippen LogP contribution is -2.31. The van der Waals surface area contributed by atoms with Crippen LogP contribution in [0.4, 0.5) is 0 Å². The molecule has 3 nitrogen and oxygen atoms in total. The summed E-state index contributed by atoms with van der Waals surface area (Å²) >= 11 is 0. The molecular formula is C15H24N2O. The number of nitrogens with zero attached hydrogens (tertiary/aromatic N) is 1. The van der Waals surface area contributed by atoms with Gasteiger partial charge in [-0.1, -0.05) is 29.3 Å². The zero-order valence-corrected chi connectivity index (χ0v) is 11.6. The monoisotopic (exact) mass is 248 g/mol. The number of aryl methyl sites for hydroxylation is 2. The molecule has 1 fully saturated rings. The lowest BCUT2D eigenvalue weighted by Gasteiger charge is -2.21. The molecule has 1 aromatic carbocycles. The maximum atomic E-state index is 6.32. The van der Waals surface area contributed by atoms with Crippen molar-refractivity contribution in [2.24, 2.45) is 5.73 Å². The fourth-order valence-electron chi connectivity index (χ4n) is 2.76. The first-order valence-electron chi connectivity index (χ1n) is 6.67. The average Bonchev–Trinajstić information content (AvgIpc) is 2.75. The van der Waals surface area contributed by atoms with Crippen LogP contribution in [-0.2, 0) is 4.74 Å². The number of rotatable bonds is 4. The Hall–Kier alpha value is -0.900. The normalized spacial score (nSPS) is 22.3. The molecular weight excluding hydrogens is 224 g/mol.